The van der Waals surface area contributed by atoms with Crippen molar-refractivity contribution in [1.82, 2.24) is 19.6 Å². The van der Waals surface area contributed by atoms with Crippen molar-refractivity contribution in [3.8, 4) is 0 Å². The molecular formula is C11H9N5. The van der Waals surface area contributed by atoms with E-state index in [1.165, 1.54) is 0 Å². The van der Waals surface area contributed by atoms with Gasteiger partial charge in [0.05, 0.1) is 5.52 Å². The molecule has 0 aliphatic carbocycles. The van der Waals surface area contributed by atoms with Gasteiger partial charge < -0.3 is 5.73 Å². The van der Waals surface area contributed by atoms with Gasteiger partial charge in [0, 0.05) is 5.39 Å². The van der Waals surface area contributed by atoms with Crippen LogP contribution in [0.3, 0.4) is 0 Å². The molecule has 0 spiro atoms. The number of aromatic nitrogens is 4. The van der Waals surface area contributed by atoms with E-state index < -0.39 is 0 Å². The lowest BCUT2D eigenvalue weighted by Gasteiger charge is -2.04. The van der Waals surface area contributed by atoms with Gasteiger partial charge in [0.15, 0.2) is 0 Å². The van der Waals surface area contributed by atoms with Crippen LogP contribution in [0.15, 0.2) is 31.1 Å². The van der Waals surface area contributed by atoms with E-state index in [0.29, 0.717) is 11.6 Å². The molecule has 5 nitrogen and oxygen atoms in total. The number of rotatable bonds is 1. The molecule has 1 aromatic carbocycles. The molecule has 5 heteroatoms. The van der Waals surface area contributed by atoms with Crippen molar-refractivity contribution in [2.24, 2.45) is 0 Å². The van der Waals surface area contributed by atoms with Crippen LogP contribution < -0.4 is 5.73 Å². The smallest absolute Gasteiger partial charge is 0.257 e. The summed E-state index contributed by atoms with van der Waals surface area (Å²) < 4.78 is 1.80. The van der Waals surface area contributed by atoms with E-state index >= 15 is 0 Å². The molecular weight excluding hydrogens is 202 g/mol. The maximum Gasteiger partial charge on any atom is 0.257 e. The van der Waals surface area contributed by atoms with Crippen LogP contribution in [0.25, 0.3) is 22.8 Å². The Balaban J connectivity index is 2.57. The Kier molecular flexibility index (Phi) is 1.67. The molecule has 0 amide bonds. The van der Waals surface area contributed by atoms with Crippen molar-refractivity contribution in [1.29, 1.82) is 0 Å². The Bertz CT molecular complexity index is 698. The second-order valence-electron chi connectivity index (χ2n) is 3.48. The van der Waals surface area contributed by atoms with Crippen LogP contribution in [0.2, 0.25) is 0 Å². The molecule has 16 heavy (non-hydrogen) atoms. The molecule has 0 atom stereocenters. The van der Waals surface area contributed by atoms with Crippen LogP contribution in [-0.4, -0.2) is 19.6 Å². The monoisotopic (exact) mass is 211 g/mol. The minimum atomic E-state index is 0.464. The van der Waals surface area contributed by atoms with Gasteiger partial charge in [-0.2, -0.15) is 4.98 Å². The van der Waals surface area contributed by atoms with E-state index in [1.54, 1.807) is 16.8 Å². The summed E-state index contributed by atoms with van der Waals surface area (Å²) in [4.78, 5) is 4.16. The molecule has 0 saturated heterocycles. The summed E-state index contributed by atoms with van der Waals surface area (Å²) in [5, 5.41) is 8.59. The summed E-state index contributed by atoms with van der Waals surface area (Å²) in [5.74, 6) is 0.970. The van der Waals surface area contributed by atoms with Crippen molar-refractivity contribution >= 4 is 28.6 Å². The van der Waals surface area contributed by atoms with Crippen LogP contribution in [0.1, 0.15) is 5.56 Å². The molecule has 78 valence electrons. The van der Waals surface area contributed by atoms with E-state index in [1.807, 2.05) is 18.2 Å². The number of hydrogen-bond donors (Lipinski definition) is 1. The highest BCUT2D eigenvalue weighted by Crippen LogP contribution is 2.21. The quantitative estimate of drug-likeness (QED) is 0.662. The predicted molar refractivity (Wildman–Crippen MR) is 62.8 cm³/mol. The van der Waals surface area contributed by atoms with Gasteiger partial charge >= 0.3 is 0 Å². The Labute approximate surface area is 91.2 Å². The van der Waals surface area contributed by atoms with Gasteiger partial charge in [-0.3, -0.25) is 4.40 Å². The summed E-state index contributed by atoms with van der Waals surface area (Å²) in [6.07, 6.45) is 3.41. The first-order valence-corrected chi connectivity index (χ1v) is 4.81. The Morgan fingerprint density at radius 2 is 2.25 bits per heavy atom. The fraction of sp³-hybridized carbons (Fsp3) is 0. The van der Waals surface area contributed by atoms with Crippen LogP contribution in [-0.2, 0) is 0 Å². The Morgan fingerprint density at radius 1 is 1.38 bits per heavy atom. The zero-order valence-electron chi connectivity index (χ0n) is 8.46. The minimum Gasteiger partial charge on any atom is -0.383 e. The lowest BCUT2D eigenvalue weighted by molar-refractivity contribution is 1.10. The maximum absolute atomic E-state index is 5.85. The van der Waals surface area contributed by atoms with Gasteiger partial charge in [-0.25, -0.2) is 0 Å². The van der Waals surface area contributed by atoms with Crippen molar-refractivity contribution in [2.75, 3.05) is 5.73 Å². The van der Waals surface area contributed by atoms with E-state index in [-0.39, 0.29) is 0 Å². The van der Waals surface area contributed by atoms with Gasteiger partial charge in [0.25, 0.3) is 5.78 Å². The third-order valence-corrected chi connectivity index (χ3v) is 2.54. The van der Waals surface area contributed by atoms with E-state index in [9.17, 15) is 0 Å². The molecule has 2 heterocycles. The number of benzene rings is 1. The molecule has 3 rings (SSSR count). The van der Waals surface area contributed by atoms with Crippen LogP contribution in [0.4, 0.5) is 5.82 Å². The number of hydrogen-bond acceptors (Lipinski definition) is 4. The van der Waals surface area contributed by atoms with Crippen molar-refractivity contribution < 1.29 is 0 Å². The average Bonchev–Trinajstić information content (AvgIpc) is 2.76. The number of nitrogen functional groups attached to an aromatic ring is 1. The summed E-state index contributed by atoms with van der Waals surface area (Å²) in [6.45, 7) is 3.74. The van der Waals surface area contributed by atoms with Crippen LogP contribution in [0, 0.1) is 0 Å². The third-order valence-electron chi connectivity index (χ3n) is 2.54. The van der Waals surface area contributed by atoms with E-state index in [2.05, 4.69) is 21.8 Å². The molecule has 3 aromatic rings. The van der Waals surface area contributed by atoms with Crippen LogP contribution in [0.5, 0.6) is 0 Å². The molecule has 0 aliphatic rings. The summed E-state index contributed by atoms with van der Waals surface area (Å²) in [6, 6.07) is 5.86. The van der Waals surface area contributed by atoms with Gasteiger partial charge in [0.1, 0.15) is 12.1 Å². The first kappa shape index (κ1) is 8.84. The summed E-state index contributed by atoms with van der Waals surface area (Å²) in [7, 11) is 0. The third kappa shape index (κ3) is 1.08. The first-order valence-electron chi connectivity index (χ1n) is 4.81. The first-order chi connectivity index (χ1) is 7.79. The van der Waals surface area contributed by atoms with Crippen molar-refractivity contribution in [2.45, 2.75) is 0 Å². The van der Waals surface area contributed by atoms with Gasteiger partial charge in [-0.1, -0.05) is 18.7 Å². The van der Waals surface area contributed by atoms with E-state index in [4.69, 9.17) is 5.73 Å². The molecule has 0 saturated carbocycles. The second-order valence-corrected chi connectivity index (χ2v) is 3.48. The summed E-state index contributed by atoms with van der Waals surface area (Å²) >= 11 is 0. The number of fused-ring (bicyclic) bond motifs is 3. The molecule has 0 bridgehead atoms. The highest BCUT2D eigenvalue weighted by atomic mass is 15.3. The van der Waals surface area contributed by atoms with Gasteiger partial charge in [0.2, 0.25) is 0 Å². The molecule has 0 aliphatic heterocycles. The zero-order valence-corrected chi connectivity index (χ0v) is 8.46. The normalized spacial score (nSPS) is 11.0. The molecule has 0 fully saturated rings. The largest absolute Gasteiger partial charge is 0.383 e. The maximum atomic E-state index is 5.85. The SMILES string of the molecule is C=Cc1ccc2c(N)nc3nncn3c2c1. The highest BCUT2D eigenvalue weighted by molar-refractivity contribution is 5.91. The molecule has 0 radical (unpaired) electrons. The predicted octanol–water partition coefficient (Wildman–Crippen LogP) is 1.50. The van der Waals surface area contributed by atoms with Crippen molar-refractivity contribution in [3.05, 3.63) is 36.7 Å². The standard InChI is InChI=1S/C11H9N5/c1-2-7-3-4-8-9(5-7)16-6-13-15-11(16)14-10(8)12/h2-6H,1H2,(H2,12,14,15). The minimum absolute atomic E-state index is 0.464. The van der Waals surface area contributed by atoms with E-state index in [0.717, 1.165) is 16.5 Å². The fourth-order valence-electron chi connectivity index (χ4n) is 1.73. The average molecular weight is 211 g/mol. The lowest BCUT2D eigenvalue weighted by Crippen LogP contribution is -1.98. The molecule has 0 unspecified atom stereocenters. The number of anilines is 1. The highest BCUT2D eigenvalue weighted by Gasteiger charge is 2.06. The van der Waals surface area contributed by atoms with Gasteiger partial charge in [-0.15, -0.1) is 10.2 Å². The molecule has 2 N–H and O–H groups in total. The zero-order chi connectivity index (χ0) is 11.1. The lowest BCUT2D eigenvalue weighted by atomic mass is 10.1. The Morgan fingerprint density at radius 3 is 3.06 bits per heavy atom. The molecule has 2 aromatic heterocycles. The summed E-state index contributed by atoms with van der Waals surface area (Å²) in [5.41, 5.74) is 7.81. The van der Waals surface area contributed by atoms with Gasteiger partial charge in [-0.05, 0) is 17.7 Å². The fourth-order valence-corrected chi connectivity index (χ4v) is 1.73. The topological polar surface area (TPSA) is 69.1 Å². The van der Waals surface area contributed by atoms with Crippen LogP contribution >= 0.6 is 0 Å². The number of nitrogens with two attached hydrogens (primary N) is 1. The second kappa shape index (κ2) is 3.03. The number of nitrogens with zero attached hydrogens (tertiary/aromatic N) is 4. The Hall–Kier alpha value is -2.43. The van der Waals surface area contributed by atoms with Crippen molar-refractivity contribution in [3.63, 3.8) is 0 Å².